The molecule has 0 bridgehead atoms. The van der Waals surface area contributed by atoms with Crippen LogP contribution in [0.2, 0.25) is 0 Å². The first-order chi connectivity index (χ1) is 10.6. The Morgan fingerprint density at radius 1 is 0.909 bits per heavy atom. The molecule has 22 heavy (non-hydrogen) atoms. The van der Waals surface area contributed by atoms with Crippen molar-refractivity contribution in [2.75, 3.05) is 26.3 Å². The van der Waals surface area contributed by atoms with E-state index >= 15 is 0 Å². The Morgan fingerprint density at radius 3 is 1.73 bits per heavy atom. The third-order valence-corrected chi connectivity index (χ3v) is 4.91. The quantitative estimate of drug-likeness (QED) is 0.395. The zero-order chi connectivity index (χ0) is 16.4. The lowest BCUT2D eigenvalue weighted by molar-refractivity contribution is -0.0515. The number of phosphoric ester groups is 1. The van der Waals surface area contributed by atoms with E-state index in [4.69, 9.17) is 13.6 Å². The smallest absolute Gasteiger partial charge is 0.334 e. The maximum absolute atomic E-state index is 12.9. The van der Waals surface area contributed by atoms with Gasteiger partial charge in [-0.3, -0.25) is 9.05 Å². The molecule has 1 aliphatic heterocycles. The molecule has 0 spiro atoms. The fourth-order valence-corrected chi connectivity index (χ4v) is 3.38. The summed E-state index contributed by atoms with van der Waals surface area (Å²) in [5.74, 6) is 0. The Morgan fingerprint density at radius 2 is 1.36 bits per heavy atom. The molecule has 0 amide bonds. The number of rotatable bonds is 12. The zero-order valence-electron chi connectivity index (χ0n) is 14.4. The highest BCUT2D eigenvalue weighted by molar-refractivity contribution is 7.48. The van der Waals surface area contributed by atoms with Gasteiger partial charge >= 0.3 is 7.82 Å². The van der Waals surface area contributed by atoms with Crippen molar-refractivity contribution >= 4 is 7.82 Å². The fourth-order valence-electron chi connectivity index (χ4n) is 2.01. The van der Waals surface area contributed by atoms with Crippen molar-refractivity contribution < 1.29 is 18.1 Å². The largest absolute Gasteiger partial charge is 0.478 e. The second-order valence-corrected chi connectivity index (χ2v) is 6.83. The van der Waals surface area contributed by atoms with Crippen molar-refractivity contribution in [1.29, 1.82) is 0 Å². The van der Waals surface area contributed by atoms with E-state index in [1.165, 1.54) is 0 Å². The molecule has 0 saturated heterocycles. The summed E-state index contributed by atoms with van der Waals surface area (Å²) in [5.41, 5.74) is 0. The van der Waals surface area contributed by atoms with E-state index < -0.39 is 14.2 Å². The highest BCUT2D eigenvalue weighted by Crippen LogP contribution is 2.52. The van der Waals surface area contributed by atoms with E-state index in [0.29, 0.717) is 13.2 Å². The maximum Gasteiger partial charge on any atom is 0.478 e. The Balaban J connectivity index is 2.70. The topological polar surface area (TPSA) is 51.2 Å². The summed E-state index contributed by atoms with van der Waals surface area (Å²) >= 11 is 0. The van der Waals surface area contributed by atoms with Crippen LogP contribution in [-0.2, 0) is 18.1 Å². The standard InChI is InChI=1S/C15H31N2O4P/c1-5-9-13-19-22(18,20-14-10-6-2)21-15-16(7-3)11-12-17(15)8-4/h11-12,15H,5-10,13-14H2,1-4H3. The number of hydrogen-bond donors (Lipinski definition) is 0. The highest BCUT2D eigenvalue weighted by atomic mass is 31.2. The van der Waals surface area contributed by atoms with E-state index in [1.54, 1.807) is 0 Å². The third-order valence-electron chi connectivity index (χ3n) is 3.47. The SMILES string of the molecule is CCCCOP(=O)(OCCCC)OC1N(CC)C=CN1CC. The lowest BCUT2D eigenvalue weighted by Gasteiger charge is -2.32. The Labute approximate surface area is 135 Å². The van der Waals surface area contributed by atoms with Crippen LogP contribution in [0.5, 0.6) is 0 Å². The van der Waals surface area contributed by atoms with Crippen LogP contribution >= 0.6 is 7.82 Å². The Kier molecular flexibility index (Phi) is 9.10. The van der Waals surface area contributed by atoms with Crippen LogP contribution in [0.4, 0.5) is 0 Å². The van der Waals surface area contributed by atoms with Crippen molar-refractivity contribution in [2.45, 2.75) is 59.7 Å². The van der Waals surface area contributed by atoms with E-state index in [9.17, 15) is 4.57 Å². The monoisotopic (exact) mass is 334 g/mol. The second kappa shape index (κ2) is 10.3. The molecule has 0 aromatic rings. The minimum atomic E-state index is -3.55. The maximum atomic E-state index is 12.9. The first kappa shape index (κ1) is 19.5. The van der Waals surface area contributed by atoms with Crippen molar-refractivity contribution in [3.63, 3.8) is 0 Å². The average Bonchev–Trinajstić information content (AvgIpc) is 2.89. The lowest BCUT2D eigenvalue weighted by atomic mass is 10.4. The van der Waals surface area contributed by atoms with E-state index in [1.807, 2.05) is 36.0 Å². The zero-order valence-corrected chi connectivity index (χ0v) is 15.3. The van der Waals surface area contributed by atoms with Gasteiger partial charge in [0.1, 0.15) is 0 Å². The van der Waals surface area contributed by atoms with Crippen LogP contribution in [0.3, 0.4) is 0 Å². The number of nitrogens with zero attached hydrogens (tertiary/aromatic N) is 2. The van der Waals surface area contributed by atoms with Gasteiger partial charge in [0.15, 0.2) is 0 Å². The average molecular weight is 334 g/mol. The second-order valence-electron chi connectivity index (χ2n) is 5.21. The van der Waals surface area contributed by atoms with Gasteiger partial charge in [-0.1, -0.05) is 26.7 Å². The molecule has 1 heterocycles. The normalized spacial score (nSPS) is 16.0. The minimum absolute atomic E-state index is 0.387. The predicted molar refractivity (Wildman–Crippen MR) is 88.1 cm³/mol. The summed E-state index contributed by atoms with van der Waals surface area (Å²) in [7, 11) is -3.55. The molecule has 0 fully saturated rings. The first-order valence-corrected chi connectivity index (χ1v) is 9.83. The first-order valence-electron chi connectivity index (χ1n) is 8.37. The summed E-state index contributed by atoms with van der Waals surface area (Å²) < 4.78 is 29.7. The molecule has 1 aliphatic rings. The van der Waals surface area contributed by atoms with Gasteiger partial charge in [0.2, 0.25) is 6.35 Å². The third kappa shape index (κ3) is 5.92. The molecular formula is C15H31N2O4P. The van der Waals surface area contributed by atoms with E-state index in [0.717, 1.165) is 38.8 Å². The van der Waals surface area contributed by atoms with Crippen molar-refractivity contribution in [2.24, 2.45) is 0 Å². The van der Waals surface area contributed by atoms with Crippen molar-refractivity contribution in [3.8, 4) is 0 Å². The minimum Gasteiger partial charge on any atom is -0.334 e. The van der Waals surface area contributed by atoms with Gasteiger partial charge in [0, 0.05) is 25.5 Å². The van der Waals surface area contributed by atoms with Crippen LogP contribution < -0.4 is 0 Å². The molecule has 7 heteroatoms. The van der Waals surface area contributed by atoms with Crippen LogP contribution in [0.1, 0.15) is 53.4 Å². The molecule has 6 nitrogen and oxygen atoms in total. The van der Waals surface area contributed by atoms with Gasteiger partial charge in [-0.15, -0.1) is 0 Å². The molecule has 0 aromatic carbocycles. The summed E-state index contributed by atoms with van der Waals surface area (Å²) in [6.45, 7) is 10.5. The van der Waals surface area contributed by atoms with Gasteiger partial charge in [-0.25, -0.2) is 9.09 Å². The fraction of sp³-hybridized carbons (Fsp3) is 0.867. The van der Waals surface area contributed by atoms with Gasteiger partial charge in [-0.2, -0.15) is 0 Å². The van der Waals surface area contributed by atoms with E-state index in [2.05, 4.69) is 13.8 Å². The molecule has 0 radical (unpaired) electrons. The van der Waals surface area contributed by atoms with Crippen molar-refractivity contribution in [1.82, 2.24) is 9.80 Å². The molecule has 0 atom stereocenters. The van der Waals surface area contributed by atoms with Gasteiger partial charge in [0.25, 0.3) is 0 Å². The van der Waals surface area contributed by atoms with Crippen LogP contribution in [-0.4, -0.2) is 42.5 Å². The molecule has 0 aromatic heterocycles. The lowest BCUT2D eigenvalue weighted by Crippen LogP contribution is -2.40. The molecule has 1 rings (SSSR count). The molecule has 0 aliphatic carbocycles. The number of hydrogen-bond acceptors (Lipinski definition) is 6. The van der Waals surface area contributed by atoms with Gasteiger partial charge in [-0.05, 0) is 26.7 Å². The van der Waals surface area contributed by atoms with E-state index in [-0.39, 0.29) is 0 Å². The number of unbranched alkanes of at least 4 members (excludes halogenated alkanes) is 2. The Hall–Kier alpha value is -0.550. The highest BCUT2D eigenvalue weighted by Gasteiger charge is 2.36. The summed E-state index contributed by atoms with van der Waals surface area (Å²) in [4.78, 5) is 3.95. The summed E-state index contributed by atoms with van der Waals surface area (Å²) in [6.07, 6.45) is 7.08. The number of phosphoric acid groups is 1. The molecule has 0 unspecified atom stereocenters. The summed E-state index contributed by atoms with van der Waals surface area (Å²) in [5, 5.41) is 0. The van der Waals surface area contributed by atoms with Crippen molar-refractivity contribution in [3.05, 3.63) is 12.4 Å². The van der Waals surface area contributed by atoms with Gasteiger partial charge in [0.05, 0.1) is 13.2 Å². The van der Waals surface area contributed by atoms with Crippen LogP contribution in [0.25, 0.3) is 0 Å². The van der Waals surface area contributed by atoms with Crippen LogP contribution in [0, 0.1) is 0 Å². The predicted octanol–water partition coefficient (Wildman–Crippen LogP) is 4.16. The van der Waals surface area contributed by atoms with Gasteiger partial charge < -0.3 is 9.80 Å². The molecule has 130 valence electrons. The molecule has 0 saturated carbocycles. The molecule has 0 N–H and O–H groups in total. The summed E-state index contributed by atoms with van der Waals surface area (Å²) in [6, 6.07) is 0. The Bertz CT molecular complexity index is 351. The molecular weight excluding hydrogens is 303 g/mol. The van der Waals surface area contributed by atoms with Crippen LogP contribution in [0.15, 0.2) is 12.4 Å².